The Morgan fingerprint density at radius 1 is 1.36 bits per heavy atom. The highest BCUT2D eigenvalue weighted by atomic mass is 14.9. The average Bonchev–Trinajstić information content (AvgIpc) is 2.29. The molecule has 2 heterocycles. The van der Waals surface area contributed by atoms with Crippen LogP contribution in [0.15, 0.2) is 42.3 Å². The van der Waals surface area contributed by atoms with Gasteiger partial charge in [0.1, 0.15) is 0 Å². The first-order valence-corrected chi connectivity index (χ1v) is 5.00. The van der Waals surface area contributed by atoms with Crippen LogP contribution in [-0.4, -0.2) is 4.98 Å². The van der Waals surface area contributed by atoms with Gasteiger partial charge in [0.05, 0.1) is 11.7 Å². The van der Waals surface area contributed by atoms with Gasteiger partial charge in [-0.3, -0.25) is 4.98 Å². The lowest BCUT2D eigenvalue weighted by Crippen LogP contribution is -2.26. The van der Waals surface area contributed by atoms with Crippen molar-refractivity contribution < 1.29 is 0 Å². The van der Waals surface area contributed by atoms with E-state index in [-0.39, 0.29) is 0 Å². The van der Waals surface area contributed by atoms with E-state index in [0.717, 1.165) is 12.8 Å². The van der Waals surface area contributed by atoms with E-state index in [4.69, 9.17) is 0 Å². The molecule has 0 saturated carbocycles. The molecule has 0 radical (unpaired) electrons. The second kappa shape index (κ2) is 2.98. The van der Waals surface area contributed by atoms with Gasteiger partial charge >= 0.3 is 0 Å². The SMILES string of the molecule is C1=CNC2C(=C1)CCc1cccnc12. The predicted octanol–water partition coefficient (Wildman–Crippen LogP) is 2.11. The summed E-state index contributed by atoms with van der Waals surface area (Å²) in [7, 11) is 0. The molecule has 70 valence electrons. The second-order valence-corrected chi connectivity index (χ2v) is 3.75. The van der Waals surface area contributed by atoms with Crippen molar-refractivity contribution in [3.05, 3.63) is 53.5 Å². The Bertz CT molecular complexity index is 418. The molecule has 1 unspecified atom stereocenters. The Kier molecular flexibility index (Phi) is 1.66. The molecule has 0 fully saturated rings. The van der Waals surface area contributed by atoms with Gasteiger partial charge in [0.2, 0.25) is 0 Å². The standard InChI is InChI=1S/C12H12N2/c1-3-9-5-6-10-4-2-8-14-12(10)11(9)13-7-1/h1-4,7-8,11,13H,5-6H2. The molecule has 0 spiro atoms. The molecule has 1 aliphatic carbocycles. The molecular weight excluding hydrogens is 172 g/mol. The molecular formula is C12H12N2. The van der Waals surface area contributed by atoms with Crippen molar-refractivity contribution in [1.82, 2.24) is 10.3 Å². The van der Waals surface area contributed by atoms with Gasteiger partial charge in [0.15, 0.2) is 0 Å². The van der Waals surface area contributed by atoms with Gasteiger partial charge in [0.25, 0.3) is 0 Å². The van der Waals surface area contributed by atoms with Crippen molar-refractivity contribution >= 4 is 0 Å². The summed E-state index contributed by atoms with van der Waals surface area (Å²) >= 11 is 0. The molecule has 1 aromatic rings. The van der Waals surface area contributed by atoms with Gasteiger partial charge in [-0.15, -0.1) is 0 Å². The zero-order chi connectivity index (χ0) is 9.38. The van der Waals surface area contributed by atoms with Crippen LogP contribution in [0.2, 0.25) is 0 Å². The topological polar surface area (TPSA) is 24.9 Å². The van der Waals surface area contributed by atoms with Crippen LogP contribution in [0.4, 0.5) is 0 Å². The summed E-state index contributed by atoms with van der Waals surface area (Å²) in [4.78, 5) is 4.47. The molecule has 2 nitrogen and oxygen atoms in total. The molecule has 0 aromatic carbocycles. The third-order valence-corrected chi connectivity index (χ3v) is 2.92. The van der Waals surface area contributed by atoms with Crippen LogP contribution in [0, 0.1) is 0 Å². The Labute approximate surface area is 83.4 Å². The van der Waals surface area contributed by atoms with Crippen LogP contribution in [0.3, 0.4) is 0 Å². The summed E-state index contributed by atoms with van der Waals surface area (Å²) in [6.45, 7) is 0. The van der Waals surface area contributed by atoms with E-state index in [0.29, 0.717) is 6.04 Å². The van der Waals surface area contributed by atoms with Crippen LogP contribution in [0.5, 0.6) is 0 Å². The van der Waals surface area contributed by atoms with E-state index in [1.54, 1.807) is 0 Å². The highest BCUT2D eigenvalue weighted by Crippen LogP contribution is 2.33. The number of hydrogen-bond acceptors (Lipinski definition) is 2. The fourth-order valence-corrected chi connectivity index (χ4v) is 2.21. The first kappa shape index (κ1) is 7.80. The quantitative estimate of drug-likeness (QED) is 0.668. The number of hydrogen-bond donors (Lipinski definition) is 1. The summed E-state index contributed by atoms with van der Waals surface area (Å²) in [6.07, 6.45) is 10.4. The number of nitrogens with one attached hydrogen (secondary N) is 1. The molecule has 14 heavy (non-hydrogen) atoms. The van der Waals surface area contributed by atoms with Gasteiger partial charge in [-0.25, -0.2) is 0 Å². The van der Waals surface area contributed by atoms with Crippen molar-refractivity contribution in [1.29, 1.82) is 0 Å². The fraction of sp³-hybridized carbons (Fsp3) is 0.250. The van der Waals surface area contributed by atoms with E-state index >= 15 is 0 Å². The number of nitrogens with zero attached hydrogens (tertiary/aromatic N) is 1. The Morgan fingerprint density at radius 2 is 2.36 bits per heavy atom. The number of aryl methyl sites for hydroxylation is 1. The maximum atomic E-state index is 4.47. The van der Waals surface area contributed by atoms with E-state index in [2.05, 4.69) is 28.5 Å². The molecule has 0 saturated heterocycles. The monoisotopic (exact) mass is 184 g/mol. The highest BCUT2D eigenvalue weighted by molar-refractivity contribution is 5.38. The third-order valence-electron chi connectivity index (χ3n) is 2.92. The lowest BCUT2D eigenvalue weighted by molar-refractivity contribution is 0.608. The summed E-state index contributed by atoms with van der Waals surface area (Å²) in [5, 5.41) is 3.37. The van der Waals surface area contributed by atoms with Gasteiger partial charge in [-0.05, 0) is 42.3 Å². The number of dihydropyridines is 1. The fourth-order valence-electron chi connectivity index (χ4n) is 2.21. The number of aromatic nitrogens is 1. The van der Waals surface area contributed by atoms with Crippen LogP contribution >= 0.6 is 0 Å². The normalized spacial score (nSPS) is 23.1. The van der Waals surface area contributed by atoms with E-state index in [9.17, 15) is 0 Å². The van der Waals surface area contributed by atoms with Crippen LogP contribution in [0.25, 0.3) is 0 Å². The third kappa shape index (κ3) is 1.07. The molecule has 2 heteroatoms. The predicted molar refractivity (Wildman–Crippen MR) is 55.7 cm³/mol. The molecule has 1 atom stereocenters. The zero-order valence-electron chi connectivity index (χ0n) is 7.90. The highest BCUT2D eigenvalue weighted by Gasteiger charge is 2.25. The zero-order valence-corrected chi connectivity index (χ0v) is 7.90. The van der Waals surface area contributed by atoms with Gasteiger partial charge < -0.3 is 5.32 Å². The average molecular weight is 184 g/mol. The summed E-state index contributed by atoms with van der Waals surface area (Å²) in [5.74, 6) is 0. The molecule has 3 rings (SSSR count). The maximum Gasteiger partial charge on any atom is 0.0901 e. The minimum absolute atomic E-state index is 0.324. The van der Waals surface area contributed by atoms with E-state index in [1.165, 1.54) is 16.8 Å². The number of fused-ring (bicyclic) bond motifs is 3. The van der Waals surface area contributed by atoms with Crippen LogP contribution < -0.4 is 5.32 Å². The first-order chi connectivity index (χ1) is 6.95. The number of rotatable bonds is 0. The second-order valence-electron chi connectivity index (χ2n) is 3.75. The molecule has 2 aliphatic rings. The molecule has 1 aliphatic heterocycles. The molecule has 0 bridgehead atoms. The van der Waals surface area contributed by atoms with Crippen LogP contribution in [0.1, 0.15) is 23.7 Å². The van der Waals surface area contributed by atoms with Crippen molar-refractivity contribution in [3.63, 3.8) is 0 Å². The van der Waals surface area contributed by atoms with Crippen molar-refractivity contribution in [2.24, 2.45) is 0 Å². The van der Waals surface area contributed by atoms with Gasteiger partial charge in [0, 0.05) is 6.20 Å². The van der Waals surface area contributed by atoms with Crippen molar-refractivity contribution in [3.8, 4) is 0 Å². The lowest BCUT2D eigenvalue weighted by atomic mass is 9.86. The number of pyridine rings is 1. The first-order valence-electron chi connectivity index (χ1n) is 5.00. The summed E-state index contributed by atoms with van der Waals surface area (Å²) in [6, 6.07) is 4.52. The molecule has 1 N–H and O–H groups in total. The van der Waals surface area contributed by atoms with Crippen molar-refractivity contribution in [2.45, 2.75) is 18.9 Å². The van der Waals surface area contributed by atoms with Gasteiger partial charge in [-0.2, -0.15) is 0 Å². The maximum absolute atomic E-state index is 4.47. The smallest absolute Gasteiger partial charge is 0.0901 e. The summed E-state index contributed by atoms with van der Waals surface area (Å²) in [5.41, 5.74) is 4.05. The minimum Gasteiger partial charge on any atom is -0.379 e. The lowest BCUT2D eigenvalue weighted by Gasteiger charge is -2.29. The molecule has 0 amide bonds. The Hall–Kier alpha value is -1.57. The van der Waals surface area contributed by atoms with E-state index in [1.807, 2.05) is 18.5 Å². The largest absolute Gasteiger partial charge is 0.379 e. The number of allylic oxidation sites excluding steroid dienone is 2. The van der Waals surface area contributed by atoms with Gasteiger partial charge in [-0.1, -0.05) is 12.1 Å². The Morgan fingerprint density at radius 3 is 3.36 bits per heavy atom. The van der Waals surface area contributed by atoms with E-state index < -0.39 is 0 Å². The Balaban J connectivity index is 2.10. The minimum atomic E-state index is 0.324. The molecule has 1 aromatic heterocycles. The van der Waals surface area contributed by atoms with Crippen molar-refractivity contribution in [2.75, 3.05) is 0 Å². The summed E-state index contributed by atoms with van der Waals surface area (Å²) < 4.78 is 0. The van der Waals surface area contributed by atoms with Crippen LogP contribution in [-0.2, 0) is 6.42 Å².